The molecule has 0 aliphatic carbocycles. The van der Waals surface area contributed by atoms with Gasteiger partial charge in [0.1, 0.15) is 16.2 Å². The van der Waals surface area contributed by atoms with Gasteiger partial charge in [-0.15, -0.1) is 13.2 Å². The highest BCUT2D eigenvalue weighted by Crippen LogP contribution is 2.30. The number of rotatable bonds is 5. The summed E-state index contributed by atoms with van der Waals surface area (Å²) in [5.74, 6) is -0.838. The minimum atomic E-state index is -5.02. The van der Waals surface area contributed by atoms with Gasteiger partial charge in [-0.1, -0.05) is 12.1 Å². The lowest BCUT2D eigenvalue weighted by molar-refractivity contribution is -0.275. The number of halogens is 3. The molecular weight excluding hydrogens is 339 g/mol. The Morgan fingerprint density at radius 3 is 2.65 bits per heavy atom. The summed E-state index contributed by atoms with van der Waals surface area (Å²) in [6.45, 7) is 1.48. The van der Waals surface area contributed by atoms with Crippen molar-refractivity contribution in [2.45, 2.75) is 36.3 Å². The van der Waals surface area contributed by atoms with Crippen molar-refractivity contribution >= 4 is 10.0 Å². The third-order valence-corrected chi connectivity index (χ3v) is 5.03. The van der Waals surface area contributed by atoms with Crippen LogP contribution >= 0.6 is 0 Å². The molecule has 130 valence electrons. The molecule has 2 N–H and O–H groups in total. The molecule has 2 atom stereocenters. The SMILES string of the molecule is CC1OCCC1(O)CNS(=O)(=O)c1ccccc1OC(F)(F)F. The topological polar surface area (TPSA) is 84.9 Å². The number of hydrogen-bond acceptors (Lipinski definition) is 5. The van der Waals surface area contributed by atoms with E-state index in [9.17, 15) is 26.7 Å². The van der Waals surface area contributed by atoms with E-state index in [4.69, 9.17) is 4.74 Å². The summed E-state index contributed by atoms with van der Waals surface area (Å²) >= 11 is 0. The van der Waals surface area contributed by atoms with Crippen LogP contribution in [0.25, 0.3) is 0 Å². The van der Waals surface area contributed by atoms with Crippen molar-refractivity contribution in [3.8, 4) is 5.75 Å². The quantitative estimate of drug-likeness (QED) is 0.834. The van der Waals surface area contributed by atoms with E-state index in [1.807, 2.05) is 0 Å². The van der Waals surface area contributed by atoms with Crippen LogP contribution in [0, 0.1) is 0 Å². The molecule has 1 aromatic carbocycles. The molecule has 23 heavy (non-hydrogen) atoms. The van der Waals surface area contributed by atoms with E-state index in [1.54, 1.807) is 6.92 Å². The number of benzene rings is 1. The van der Waals surface area contributed by atoms with Gasteiger partial charge in [0, 0.05) is 19.6 Å². The molecule has 0 amide bonds. The zero-order chi connectivity index (χ0) is 17.3. The zero-order valence-corrected chi connectivity index (χ0v) is 12.9. The molecule has 2 unspecified atom stereocenters. The Morgan fingerprint density at radius 2 is 2.09 bits per heavy atom. The molecule has 6 nitrogen and oxygen atoms in total. The van der Waals surface area contributed by atoms with Gasteiger partial charge in [0.25, 0.3) is 0 Å². The van der Waals surface area contributed by atoms with Crippen LogP contribution in [-0.2, 0) is 14.8 Å². The number of aliphatic hydroxyl groups is 1. The predicted molar refractivity (Wildman–Crippen MR) is 73.3 cm³/mol. The van der Waals surface area contributed by atoms with E-state index in [-0.39, 0.29) is 19.6 Å². The fourth-order valence-corrected chi connectivity index (χ4v) is 3.41. The second kappa shape index (κ2) is 6.27. The molecule has 1 fully saturated rings. The fraction of sp³-hybridized carbons (Fsp3) is 0.538. The maximum atomic E-state index is 12.4. The van der Waals surface area contributed by atoms with Crippen molar-refractivity contribution in [1.82, 2.24) is 4.72 Å². The van der Waals surface area contributed by atoms with Gasteiger partial charge in [0.05, 0.1) is 6.10 Å². The highest BCUT2D eigenvalue weighted by Gasteiger charge is 2.41. The first-order valence-corrected chi connectivity index (χ1v) is 8.20. The average Bonchev–Trinajstić information content (AvgIpc) is 2.76. The number of nitrogens with one attached hydrogen (secondary N) is 1. The standard InChI is InChI=1S/C13H16F3NO5S/c1-9-12(18,6-7-21-9)8-17-23(19,20)11-5-3-2-4-10(11)22-13(14,15)16/h2-5,9,17-18H,6-8H2,1H3. The third kappa shape index (κ3) is 4.34. The second-order valence-electron chi connectivity index (χ2n) is 5.19. The van der Waals surface area contributed by atoms with Crippen molar-refractivity contribution in [1.29, 1.82) is 0 Å². The van der Waals surface area contributed by atoms with Crippen molar-refractivity contribution in [2.24, 2.45) is 0 Å². The molecule has 0 radical (unpaired) electrons. The van der Waals surface area contributed by atoms with E-state index in [0.29, 0.717) is 0 Å². The number of para-hydroxylation sites is 1. The molecular formula is C13H16F3NO5S. The average molecular weight is 355 g/mol. The van der Waals surface area contributed by atoms with Crippen LogP contribution in [0.3, 0.4) is 0 Å². The van der Waals surface area contributed by atoms with Crippen LogP contribution in [0.15, 0.2) is 29.2 Å². The smallest absolute Gasteiger partial charge is 0.404 e. The molecule has 2 rings (SSSR count). The predicted octanol–water partition coefficient (Wildman–Crippen LogP) is 1.40. The maximum absolute atomic E-state index is 12.4. The summed E-state index contributed by atoms with van der Waals surface area (Å²) in [5, 5.41) is 10.3. The normalized spacial score (nSPS) is 25.5. The Labute approximate surface area is 131 Å². The molecule has 0 bridgehead atoms. The van der Waals surface area contributed by atoms with Gasteiger partial charge in [0.15, 0.2) is 0 Å². The largest absolute Gasteiger partial charge is 0.573 e. The molecule has 10 heteroatoms. The summed E-state index contributed by atoms with van der Waals surface area (Å²) in [5.41, 5.74) is -1.41. The molecule has 0 spiro atoms. The van der Waals surface area contributed by atoms with E-state index in [1.165, 1.54) is 12.1 Å². The van der Waals surface area contributed by atoms with Crippen LogP contribution in [0.1, 0.15) is 13.3 Å². The Balaban J connectivity index is 2.20. The Hall–Kier alpha value is -1.36. The van der Waals surface area contributed by atoms with Gasteiger partial charge in [0.2, 0.25) is 10.0 Å². The highest BCUT2D eigenvalue weighted by atomic mass is 32.2. The lowest BCUT2D eigenvalue weighted by Crippen LogP contribution is -2.47. The third-order valence-electron chi connectivity index (χ3n) is 3.59. The van der Waals surface area contributed by atoms with E-state index >= 15 is 0 Å². The maximum Gasteiger partial charge on any atom is 0.573 e. The van der Waals surface area contributed by atoms with Gasteiger partial charge in [-0.05, 0) is 19.1 Å². The summed E-state index contributed by atoms with van der Waals surface area (Å²) in [7, 11) is -4.30. The molecule has 1 aromatic rings. The van der Waals surface area contributed by atoms with E-state index in [2.05, 4.69) is 9.46 Å². The Morgan fingerprint density at radius 1 is 1.43 bits per heavy atom. The van der Waals surface area contributed by atoms with E-state index in [0.717, 1.165) is 12.1 Å². The van der Waals surface area contributed by atoms with Gasteiger partial charge in [-0.3, -0.25) is 0 Å². The first-order chi connectivity index (χ1) is 10.5. The van der Waals surface area contributed by atoms with Crippen LogP contribution in [0.4, 0.5) is 13.2 Å². The monoisotopic (exact) mass is 355 g/mol. The first kappa shape index (κ1) is 18.0. The summed E-state index contributed by atoms with van der Waals surface area (Å²) in [4.78, 5) is -0.660. The minimum absolute atomic E-state index is 0.220. The van der Waals surface area contributed by atoms with Crippen LogP contribution < -0.4 is 9.46 Å². The number of sulfonamides is 1. The molecule has 1 saturated heterocycles. The lowest BCUT2D eigenvalue weighted by atomic mass is 9.97. The van der Waals surface area contributed by atoms with Gasteiger partial charge in [-0.25, -0.2) is 13.1 Å². The number of alkyl halides is 3. The first-order valence-electron chi connectivity index (χ1n) is 6.72. The number of ether oxygens (including phenoxy) is 2. The molecule has 0 saturated carbocycles. The second-order valence-corrected chi connectivity index (χ2v) is 6.92. The number of hydrogen-bond donors (Lipinski definition) is 2. The Bertz CT molecular complexity index is 664. The van der Waals surface area contributed by atoms with Gasteiger partial charge in [-0.2, -0.15) is 0 Å². The van der Waals surface area contributed by atoms with Crippen molar-refractivity contribution in [3.05, 3.63) is 24.3 Å². The Kier molecular flexibility index (Phi) is 4.90. The van der Waals surface area contributed by atoms with Crippen LogP contribution in [0.5, 0.6) is 5.75 Å². The molecule has 0 aromatic heterocycles. The van der Waals surface area contributed by atoms with Crippen molar-refractivity contribution < 1.29 is 36.2 Å². The highest BCUT2D eigenvalue weighted by molar-refractivity contribution is 7.89. The van der Waals surface area contributed by atoms with Gasteiger partial charge >= 0.3 is 6.36 Å². The summed E-state index contributed by atoms with van der Waals surface area (Å²) in [6.07, 6.45) is -5.39. The summed E-state index contributed by atoms with van der Waals surface area (Å²) < 4.78 is 72.6. The van der Waals surface area contributed by atoms with Crippen molar-refractivity contribution in [3.63, 3.8) is 0 Å². The fourth-order valence-electron chi connectivity index (χ4n) is 2.18. The summed E-state index contributed by atoms with van der Waals surface area (Å²) in [6, 6.07) is 4.38. The molecule has 1 aliphatic heterocycles. The minimum Gasteiger partial charge on any atom is -0.404 e. The zero-order valence-electron chi connectivity index (χ0n) is 12.1. The van der Waals surface area contributed by atoms with Gasteiger partial charge < -0.3 is 14.6 Å². The molecule has 1 heterocycles. The lowest BCUT2D eigenvalue weighted by Gasteiger charge is -2.26. The molecule has 1 aliphatic rings. The van der Waals surface area contributed by atoms with Crippen LogP contribution in [0.2, 0.25) is 0 Å². The van der Waals surface area contributed by atoms with Crippen molar-refractivity contribution in [2.75, 3.05) is 13.2 Å². The van der Waals surface area contributed by atoms with E-state index < -0.39 is 38.7 Å². The van der Waals surface area contributed by atoms with Crippen LogP contribution in [-0.4, -0.2) is 44.7 Å².